The van der Waals surface area contributed by atoms with E-state index in [1.165, 1.54) is 25.6 Å². The number of unbranched alkanes of at least 4 members (excludes halogenated alkanes) is 3. The average molecular weight is 344 g/mol. The van der Waals surface area contributed by atoms with E-state index in [1.54, 1.807) is 0 Å². The van der Waals surface area contributed by atoms with Gasteiger partial charge in [-0.1, -0.05) is 56.0 Å². The third-order valence-corrected chi connectivity index (χ3v) is 4.54. The molecule has 0 spiro atoms. The first-order chi connectivity index (χ1) is 11.7. The molecule has 3 rings (SSSR count). The van der Waals surface area contributed by atoms with E-state index < -0.39 is 0 Å². The monoisotopic (exact) mass is 343 g/mol. The molecular formula is C18H22ClN5. The summed E-state index contributed by atoms with van der Waals surface area (Å²) in [6.07, 6.45) is 6.85. The molecule has 126 valence electrons. The second-order valence-corrected chi connectivity index (χ2v) is 6.36. The van der Waals surface area contributed by atoms with Gasteiger partial charge in [0.05, 0.1) is 11.1 Å². The molecule has 0 saturated carbocycles. The zero-order chi connectivity index (χ0) is 16.9. The number of hydrogen-bond acceptors (Lipinski definition) is 4. The van der Waals surface area contributed by atoms with E-state index in [4.69, 9.17) is 22.4 Å². The van der Waals surface area contributed by atoms with Crippen molar-refractivity contribution in [2.45, 2.75) is 45.6 Å². The first-order valence-electron chi connectivity index (χ1n) is 8.40. The van der Waals surface area contributed by atoms with Gasteiger partial charge >= 0.3 is 0 Å². The van der Waals surface area contributed by atoms with Crippen LogP contribution in [0.15, 0.2) is 30.6 Å². The number of fused-ring (bicyclic) bond motifs is 1. The number of anilines is 1. The van der Waals surface area contributed by atoms with Crippen molar-refractivity contribution in [2.75, 3.05) is 5.73 Å². The summed E-state index contributed by atoms with van der Waals surface area (Å²) in [5, 5.41) is 6.34. The fraction of sp³-hybridized carbons (Fsp3) is 0.389. The van der Waals surface area contributed by atoms with Crippen LogP contribution < -0.4 is 5.73 Å². The zero-order valence-corrected chi connectivity index (χ0v) is 14.6. The Kier molecular flexibility index (Phi) is 5.30. The Morgan fingerprint density at radius 1 is 1.12 bits per heavy atom. The molecule has 2 aromatic heterocycles. The van der Waals surface area contributed by atoms with E-state index >= 15 is 0 Å². The van der Waals surface area contributed by atoms with Crippen LogP contribution in [0.25, 0.3) is 11.0 Å². The van der Waals surface area contributed by atoms with Crippen LogP contribution in [0.4, 0.5) is 5.82 Å². The van der Waals surface area contributed by atoms with E-state index in [-0.39, 0.29) is 0 Å². The molecule has 0 aliphatic carbocycles. The van der Waals surface area contributed by atoms with E-state index in [0.29, 0.717) is 12.2 Å². The van der Waals surface area contributed by atoms with Crippen LogP contribution in [0.2, 0.25) is 5.02 Å². The van der Waals surface area contributed by atoms with Gasteiger partial charge in [-0.15, -0.1) is 0 Å². The summed E-state index contributed by atoms with van der Waals surface area (Å²) in [5.41, 5.74) is 8.82. The summed E-state index contributed by atoms with van der Waals surface area (Å²) in [6.45, 7) is 3.05. The molecular weight excluding hydrogens is 322 g/mol. The molecule has 3 aromatic rings. The fourth-order valence-electron chi connectivity index (χ4n) is 2.90. The van der Waals surface area contributed by atoms with Gasteiger partial charge in [-0.3, -0.25) is 0 Å². The quantitative estimate of drug-likeness (QED) is 0.651. The number of hydrogen-bond donors (Lipinski definition) is 1. The molecule has 0 fully saturated rings. The molecule has 2 N–H and O–H groups in total. The van der Waals surface area contributed by atoms with Crippen molar-refractivity contribution in [2.24, 2.45) is 0 Å². The van der Waals surface area contributed by atoms with Crippen molar-refractivity contribution in [1.82, 2.24) is 19.7 Å². The number of nitrogens with zero attached hydrogens (tertiary/aromatic N) is 4. The minimum atomic E-state index is 0.474. The first-order valence-corrected chi connectivity index (χ1v) is 8.77. The summed E-state index contributed by atoms with van der Waals surface area (Å²) in [5.74, 6) is 0.474. The Bertz CT molecular complexity index is 827. The number of nitrogen functional groups attached to an aromatic ring is 1. The highest BCUT2D eigenvalue weighted by atomic mass is 35.5. The predicted molar refractivity (Wildman–Crippen MR) is 98.1 cm³/mol. The third-order valence-electron chi connectivity index (χ3n) is 4.17. The second kappa shape index (κ2) is 7.62. The molecule has 0 bridgehead atoms. The summed E-state index contributed by atoms with van der Waals surface area (Å²) in [7, 11) is 0. The Morgan fingerprint density at radius 3 is 2.75 bits per heavy atom. The van der Waals surface area contributed by atoms with Crippen LogP contribution in [0.1, 0.15) is 43.9 Å². The summed E-state index contributed by atoms with van der Waals surface area (Å²) < 4.78 is 1.95. The van der Waals surface area contributed by atoms with Gasteiger partial charge in [0.2, 0.25) is 0 Å². The molecule has 1 aromatic carbocycles. The van der Waals surface area contributed by atoms with E-state index in [0.717, 1.165) is 40.3 Å². The molecule has 0 aliphatic rings. The van der Waals surface area contributed by atoms with Gasteiger partial charge in [0.25, 0.3) is 0 Å². The Balaban J connectivity index is 1.94. The molecule has 5 nitrogen and oxygen atoms in total. The van der Waals surface area contributed by atoms with Gasteiger partial charge in [-0.05, 0) is 18.1 Å². The van der Waals surface area contributed by atoms with Crippen molar-refractivity contribution in [3.8, 4) is 0 Å². The van der Waals surface area contributed by atoms with Gasteiger partial charge in [-0.25, -0.2) is 14.6 Å². The van der Waals surface area contributed by atoms with Crippen LogP contribution in [0.3, 0.4) is 0 Å². The lowest BCUT2D eigenvalue weighted by Gasteiger charge is -2.02. The smallest absolute Gasteiger partial charge is 0.163 e. The molecule has 0 unspecified atom stereocenters. The predicted octanol–water partition coefficient (Wildman–Crippen LogP) is 4.23. The van der Waals surface area contributed by atoms with Crippen molar-refractivity contribution in [1.29, 1.82) is 0 Å². The first kappa shape index (κ1) is 16.7. The van der Waals surface area contributed by atoms with Gasteiger partial charge in [0.1, 0.15) is 12.1 Å². The summed E-state index contributed by atoms with van der Waals surface area (Å²) in [4.78, 5) is 8.54. The Labute approximate surface area is 146 Å². The molecule has 0 radical (unpaired) electrons. The normalized spacial score (nSPS) is 11.2. The van der Waals surface area contributed by atoms with Crippen LogP contribution in [0.5, 0.6) is 0 Å². The fourth-order valence-corrected chi connectivity index (χ4v) is 3.10. The highest BCUT2D eigenvalue weighted by Crippen LogP contribution is 2.26. The van der Waals surface area contributed by atoms with Crippen molar-refractivity contribution < 1.29 is 0 Å². The molecule has 0 atom stereocenters. The lowest BCUT2D eigenvalue weighted by atomic mass is 10.1. The number of benzene rings is 1. The van der Waals surface area contributed by atoms with Crippen LogP contribution in [0, 0.1) is 0 Å². The lowest BCUT2D eigenvalue weighted by Crippen LogP contribution is -2.02. The van der Waals surface area contributed by atoms with E-state index in [9.17, 15) is 0 Å². The van der Waals surface area contributed by atoms with Gasteiger partial charge in [0.15, 0.2) is 5.65 Å². The van der Waals surface area contributed by atoms with Crippen molar-refractivity contribution in [3.05, 3.63) is 46.9 Å². The molecule has 2 heterocycles. The van der Waals surface area contributed by atoms with E-state index in [1.807, 2.05) is 28.9 Å². The topological polar surface area (TPSA) is 69.6 Å². The Hall–Kier alpha value is -2.14. The highest BCUT2D eigenvalue weighted by molar-refractivity contribution is 6.31. The largest absolute Gasteiger partial charge is 0.383 e. The number of nitrogens with two attached hydrogens (primary N) is 1. The number of halogens is 1. The molecule has 0 amide bonds. The number of aryl methyl sites for hydroxylation is 1. The Morgan fingerprint density at radius 2 is 1.96 bits per heavy atom. The minimum Gasteiger partial charge on any atom is -0.383 e. The van der Waals surface area contributed by atoms with Gasteiger partial charge < -0.3 is 5.73 Å². The van der Waals surface area contributed by atoms with Crippen LogP contribution in [-0.4, -0.2) is 19.7 Å². The van der Waals surface area contributed by atoms with Crippen molar-refractivity contribution in [3.63, 3.8) is 0 Å². The van der Waals surface area contributed by atoms with E-state index in [2.05, 4.69) is 16.9 Å². The maximum Gasteiger partial charge on any atom is 0.163 e. The molecule has 6 heteroatoms. The van der Waals surface area contributed by atoms with Crippen molar-refractivity contribution >= 4 is 28.5 Å². The molecule has 24 heavy (non-hydrogen) atoms. The zero-order valence-electron chi connectivity index (χ0n) is 13.9. The third kappa shape index (κ3) is 3.51. The molecule has 0 saturated heterocycles. The van der Waals surface area contributed by atoms with Crippen LogP contribution in [-0.2, 0) is 13.0 Å². The molecule has 0 aliphatic heterocycles. The second-order valence-electron chi connectivity index (χ2n) is 5.96. The minimum absolute atomic E-state index is 0.474. The average Bonchev–Trinajstić information content (AvgIpc) is 2.93. The number of rotatable bonds is 7. The standard InChI is InChI=1S/C18H22ClN5/c1-2-3-4-7-10-24-18-16(17(20)21-12-22-18)15(23-24)11-13-8-5-6-9-14(13)19/h5-6,8-9,12H,2-4,7,10-11H2,1H3,(H2,20,21,22). The van der Waals surface area contributed by atoms with Crippen LogP contribution >= 0.6 is 11.6 Å². The maximum absolute atomic E-state index is 6.29. The highest BCUT2D eigenvalue weighted by Gasteiger charge is 2.16. The number of aromatic nitrogens is 4. The summed E-state index contributed by atoms with van der Waals surface area (Å²) in [6, 6.07) is 7.80. The lowest BCUT2D eigenvalue weighted by molar-refractivity contribution is 0.547. The maximum atomic E-state index is 6.29. The SMILES string of the molecule is CCCCCCn1nc(Cc2ccccc2Cl)c2c(N)ncnc21. The summed E-state index contributed by atoms with van der Waals surface area (Å²) >= 11 is 6.29. The van der Waals surface area contributed by atoms with Gasteiger partial charge in [0, 0.05) is 18.0 Å². The van der Waals surface area contributed by atoms with Gasteiger partial charge in [-0.2, -0.15) is 5.10 Å².